The summed E-state index contributed by atoms with van der Waals surface area (Å²) in [5, 5.41) is 3.02. The zero-order chi connectivity index (χ0) is 30.9. The van der Waals surface area contributed by atoms with Gasteiger partial charge in [0.1, 0.15) is 12.6 Å². The van der Waals surface area contributed by atoms with Gasteiger partial charge in [-0.2, -0.15) is 12.7 Å². The van der Waals surface area contributed by atoms with Crippen LogP contribution in [0.2, 0.25) is 0 Å². The Morgan fingerprint density at radius 2 is 1.55 bits per heavy atom. The molecule has 0 aliphatic heterocycles. The zero-order valence-corrected chi connectivity index (χ0v) is 26.4. The van der Waals surface area contributed by atoms with Crippen molar-refractivity contribution in [2.24, 2.45) is 0 Å². The highest BCUT2D eigenvalue weighted by Gasteiger charge is 2.35. The molecule has 1 N–H and O–H groups in total. The van der Waals surface area contributed by atoms with E-state index < -0.39 is 28.7 Å². The predicted octanol–water partition coefficient (Wildman–Crippen LogP) is 4.78. The molecule has 8 nitrogen and oxygen atoms in total. The number of carbonyl (C=O) groups is 2. The molecule has 0 fully saturated rings. The molecule has 0 aromatic heterocycles. The fourth-order valence-corrected chi connectivity index (χ4v) is 5.83. The third-order valence-corrected chi connectivity index (χ3v) is 9.16. The third kappa shape index (κ3) is 8.42. The van der Waals surface area contributed by atoms with Crippen molar-refractivity contribution in [2.45, 2.75) is 59.5 Å². The van der Waals surface area contributed by atoms with Crippen LogP contribution in [0.15, 0.2) is 72.8 Å². The number of carbonyl (C=O) groups excluding carboxylic acids is 2. The van der Waals surface area contributed by atoms with Crippen molar-refractivity contribution in [1.82, 2.24) is 14.5 Å². The molecule has 2 amide bonds. The highest BCUT2D eigenvalue weighted by Crippen LogP contribution is 2.26. The van der Waals surface area contributed by atoms with Crippen LogP contribution < -0.4 is 9.62 Å². The van der Waals surface area contributed by atoms with E-state index in [1.54, 1.807) is 11.0 Å². The van der Waals surface area contributed by atoms with Gasteiger partial charge < -0.3 is 10.2 Å². The number of benzene rings is 3. The first-order valence-electron chi connectivity index (χ1n) is 14.4. The number of anilines is 1. The van der Waals surface area contributed by atoms with Gasteiger partial charge in [-0.05, 0) is 61.1 Å². The quantitative estimate of drug-likeness (QED) is 0.273. The van der Waals surface area contributed by atoms with Crippen LogP contribution in [0.25, 0.3) is 0 Å². The van der Waals surface area contributed by atoms with Crippen LogP contribution in [-0.4, -0.2) is 62.7 Å². The van der Waals surface area contributed by atoms with E-state index in [4.69, 9.17) is 0 Å². The topological polar surface area (TPSA) is 90.0 Å². The summed E-state index contributed by atoms with van der Waals surface area (Å²) in [6, 6.07) is 22.0. The summed E-state index contributed by atoms with van der Waals surface area (Å²) >= 11 is 0. The second kappa shape index (κ2) is 15.0. The van der Waals surface area contributed by atoms with Gasteiger partial charge in [0.05, 0.1) is 5.69 Å². The molecule has 1 atom stereocenters. The first kappa shape index (κ1) is 32.8. The number of hydrogen-bond acceptors (Lipinski definition) is 4. The van der Waals surface area contributed by atoms with Gasteiger partial charge in [-0.15, -0.1) is 0 Å². The van der Waals surface area contributed by atoms with Crippen molar-refractivity contribution < 1.29 is 18.0 Å². The molecule has 0 spiro atoms. The fraction of sp³-hybridized carbons (Fsp3) is 0.394. The maximum absolute atomic E-state index is 14.4. The van der Waals surface area contributed by atoms with Gasteiger partial charge in [-0.3, -0.25) is 9.59 Å². The average Bonchev–Trinajstić information content (AvgIpc) is 2.96. The summed E-state index contributed by atoms with van der Waals surface area (Å²) in [6.07, 6.45) is 2.03. The van der Waals surface area contributed by atoms with Crippen molar-refractivity contribution in [3.05, 3.63) is 101 Å². The standard InChI is InChI=1S/C33H44N4O4S/c1-7-8-20-34-33(39)31(22-28-15-10-9-11-16-28)36(23-29-17-13-12-14-26(29)3)32(38)24-37(42(40,41)35(5)6)30-21-25(2)18-19-27(30)4/h9-19,21,31H,7-8,20,22-24H2,1-6H3,(H,34,39)/t31-/m1/s1. The summed E-state index contributed by atoms with van der Waals surface area (Å²) in [5.74, 6) is -0.723. The maximum Gasteiger partial charge on any atom is 0.304 e. The summed E-state index contributed by atoms with van der Waals surface area (Å²) < 4.78 is 29.5. The second-order valence-corrected chi connectivity index (χ2v) is 13.0. The maximum atomic E-state index is 14.4. The fourth-order valence-electron chi connectivity index (χ4n) is 4.72. The minimum absolute atomic E-state index is 0.160. The monoisotopic (exact) mass is 592 g/mol. The Morgan fingerprint density at radius 3 is 2.19 bits per heavy atom. The van der Waals surface area contributed by atoms with E-state index in [1.165, 1.54) is 14.1 Å². The van der Waals surface area contributed by atoms with Crippen LogP contribution in [-0.2, 0) is 32.8 Å². The molecule has 3 rings (SSSR count). The minimum atomic E-state index is -4.04. The number of hydrogen-bond donors (Lipinski definition) is 1. The molecule has 9 heteroatoms. The van der Waals surface area contributed by atoms with Gasteiger partial charge in [0.2, 0.25) is 11.8 Å². The van der Waals surface area contributed by atoms with Crippen LogP contribution in [0.3, 0.4) is 0 Å². The van der Waals surface area contributed by atoms with Crippen molar-refractivity contribution in [3.8, 4) is 0 Å². The van der Waals surface area contributed by atoms with Crippen molar-refractivity contribution in [3.63, 3.8) is 0 Å². The Bertz CT molecular complexity index is 1460. The van der Waals surface area contributed by atoms with Crippen LogP contribution in [0.1, 0.15) is 47.6 Å². The lowest BCUT2D eigenvalue weighted by Crippen LogP contribution is -2.54. The summed E-state index contributed by atoms with van der Waals surface area (Å²) in [4.78, 5) is 29.7. The number of amides is 2. The van der Waals surface area contributed by atoms with Gasteiger partial charge in [0.25, 0.3) is 0 Å². The largest absolute Gasteiger partial charge is 0.354 e. The molecule has 0 aliphatic carbocycles. The number of nitrogens with one attached hydrogen (secondary N) is 1. The Labute approximate surface area is 251 Å². The minimum Gasteiger partial charge on any atom is -0.354 e. The van der Waals surface area contributed by atoms with Gasteiger partial charge in [-0.1, -0.05) is 80.1 Å². The van der Waals surface area contributed by atoms with Crippen LogP contribution in [0, 0.1) is 20.8 Å². The van der Waals surface area contributed by atoms with Gasteiger partial charge in [0.15, 0.2) is 0 Å². The van der Waals surface area contributed by atoms with Crippen LogP contribution in [0.4, 0.5) is 5.69 Å². The van der Waals surface area contributed by atoms with E-state index in [9.17, 15) is 18.0 Å². The normalized spacial score (nSPS) is 12.2. The van der Waals surface area contributed by atoms with Crippen LogP contribution in [0.5, 0.6) is 0 Å². The molecule has 0 aliphatic rings. The van der Waals surface area contributed by atoms with E-state index in [0.717, 1.165) is 49.3 Å². The van der Waals surface area contributed by atoms with E-state index >= 15 is 0 Å². The number of rotatable bonds is 14. The van der Waals surface area contributed by atoms with Gasteiger partial charge >= 0.3 is 10.2 Å². The smallest absolute Gasteiger partial charge is 0.304 e. The molecule has 226 valence electrons. The van der Waals surface area contributed by atoms with Gasteiger partial charge in [0, 0.05) is 33.6 Å². The molecule has 0 unspecified atom stereocenters. The number of aryl methyl sites for hydroxylation is 3. The molecular formula is C33H44N4O4S. The first-order valence-corrected chi connectivity index (χ1v) is 15.8. The molecule has 0 saturated heterocycles. The Hall–Kier alpha value is -3.69. The predicted molar refractivity (Wildman–Crippen MR) is 169 cm³/mol. The zero-order valence-electron chi connectivity index (χ0n) is 25.6. The lowest BCUT2D eigenvalue weighted by Gasteiger charge is -2.35. The summed E-state index contributed by atoms with van der Waals surface area (Å²) in [5.41, 5.74) is 4.80. The highest BCUT2D eigenvalue weighted by atomic mass is 32.2. The molecule has 0 heterocycles. The molecule has 0 saturated carbocycles. The second-order valence-electron chi connectivity index (χ2n) is 10.9. The van der Waals surface area contributed by atoms with Crippen LogP contribution >= 0.6 is 0 Å². The van der Waals surface area contributed by atoms with Gasteiger partial charge in [-0.25, -0.2) is 4.31 Å². The highest BCUT2D eigenvalue weighted by molar-refractivity contribution is 7.90. The molecule has 3 aromatic rings. The van der Waals surface area contributed by atoms with E-state index in [1.807, 2.05) is 87.5 Å². The van der Waals surface area contributed by atoms with E-state index in [2.05, 4.69) is 12.2 Å². The number of nitrogens with zero attached hydrogens (tertiary/aromatic N) is 3. The molecule has 3 aromatic carbocycles. The van der Waals surface area contributed by atoms with Crippen molar-refractivity contribution in [2.75, 3.05) is 31.5 Å². The molecule has 0 bridgehead atoms. The third-order valence-electron chi connectivity index (χ3n) is 7.35. The van der Waals surface area contributed by atoms with E-state index in [0.29, 0.717) is 18.7 Å². The summed E-state index contributed by atoms with van der Waals surface area (Å²) in [6.45, 7) is 7.92. The van der Waals surface area contributed by atoms with E-state index in [-0.39, 0.29) is 12.5 Å². The lowest BCUT2D eigenvalue weighted by atomic mass is 10.0. The molecule has 42 heavy (non-hydrogen) atoms. The lowest BCUT2D eigenvalue weighted by molar-refractivity contribution is -0.140. The Balaban J connectivity index is 2.12. The Morgan fingerprint density at radius 1 is 0.881 bits per heavy atom. The first-order chi connectivity index (χ1) is 19.9. The summed E-state index contributed by atoms with van der Waals surface area (Å²) in [7, 11) is -1.15. The number of unbranched alkanes of at least 4 members (excludes halogenated alkanes) is 1. The molecular weight excluding hydrogens is 548 g/mol. The molecule has 0 radical (unpaired) electrons. The Kier molecular flexibility index (Phi) is 11.7. The average molecular weight is 593 g/mol. The SMILES string of the molecule is CCCCNC(=O)[C@@H](Cc1ccccc1)N(Cc1ccccc1C)C(=O)CN(c1cc(C)ccc1C)S(=O)(=O)N(C)C. The van der Waals surface area contributed by atoms with Crippen molar-refractivity contribution in [1.29, 1.82) is 0 Å². The van der Waals surface area contributed by atoms with Crippen molar-refractivity contribution >= 4 is 27.7 Å².